The number of carbonyl (C=O) groups excluding carboxylic acids is 2. The summed E-state index contributed by atoms with van der Waals surface area (Å²) in [5, 5.41) is 0. The van der Waals surface area contributed by atoms with Crippen molar-refractivity contribution in [3.8, 4) is 0 Å². The van der Waals surface area contributed by atoms with Crippen LogP contribution in [0.1, 0.15) is 59.8 Å². The van der Waals surface area contributed by atoms with Crippen LogP contribution in [0.3, 0.4) is 0 Å². The molecule has 174 valence electrons. The van der Waals surface area contributed by atoms with Gasteiger partial charge in [0.1, 0.15) is 5.60 Å². The SMILES string of the molecule is CCOC(=O)CC1CCC(N(CCNS(C)(=O)=O)C(=O)OC(C)(C)C)CC1.O.[Li+].[OH-]. The average Bonchev–Trinajstić information content (AvgIpc) is 2.50. The van der Waals surface area contributed by atoms with E-state index in [-0.39, 0.29) is 60.8 Å². The first kappa shape index (κ1) is 33.8. The smallest absolute Gasteiger partial charge is 0.870 e. The van der Waals surface area contributed by atoms with Gasteiger partial charge < -0.3 is 25.3 Å². The molecule has 0 bridgehead atoms. The summed E-state index contributed by atoms with van der Waals surface area (Å²) in [6.07, 6.45) is 4.20. The van der Waals surface area contributed by atoms with E-state index in [1.165, 1.54) is 0 Å². The number of carbonyl (C=O) groups is 2. The minimum atomic E-state index is -3.32. The van der Waals surface area contributed by atoms with Crippen molar-refractivity contribution in [3.05, 3.63) is 0 Å². The summed E-state index contributed by atoms with van der Waals surface area (Å²) in [4.78, 5) is 25.9. The number of amides is 1. The van der Waals surface area contributed by atoms with Gasteiger partial charge in [0.15, 0.2) is 0 Å². The molecule has 0 aliphatic heterocycles. The number of hydrogen-bond acceptors (Lipinski definition) is 7. The predicted molar refractivity (Wildman–Crippen MR) is 108 cm³/mol. The normalized spacial score (nSPS) is 18.7. The Morgan fingerprint density at radius 1 is 1.13 bits per heavy atom. The molecule has 1 rings (SSSR count). The Morgan fingerprint density at radius 2 is 1.67 bits per heavy atom. The summed E-state index contributed by atoms with van der Waals surface area (Å²) in [5.74, 6) is 0.0808. The number of esters is 1. The van der Waals surface area contributed by atoms with Crippen LogP contribution < -0.4 is 23.6 Å². The van der Waals surface area contributed by atoms with Crippen LogP contribution in [0.4, 0.5) is 4.79 Å². The molecule has 0 saturated heterocycles. The quantitative estimate of drug-likeness (QED) is 0.341. The van der Waals surface area contributed by atoms with Gasteiger partial charge in [-0.2, -0.15) is 0 Å². The summed E-state index contributed by atoms with van der Waals surface area (Å²) < 4.78 is 35.5. The zero-order chi connectivity index (χ0) is 20.7. The molecule has 1 aliphatic rings. The van der Waals surface area contributed by atoms with Crippen molar-refractivity contribution in [1.29, 1.82) is 0 Å². The molecule has 0 aromatic rings. The van der Waals surface area contributed by atoms with Crippen LogP contribution in [0.2, 0.25) is 0 Å². The summed E-state index contributed by atoms with van der Waals surface area (Å²) in [5.41, 5.74) is -0.624. The summed E-state index contributed by atoms with van der Waals surface area (Å²) in [7, 11) is -3.32. The van der Waals surface area contributed by atoms with Crippen molar-refractivity contribution < 1.29 is 57.3 Å². The fourth-order valence-corrected chi connectivity index (χ4v) is 3.67. The summed E-state index contributed by atoms with van der Waals surface area (Å²) >= 11 is 0. The minimum absolute atomic E-state index is 0. The van der Waals surface area contributed by atoms with Crippen molar-refractivity contribution in [2.75, 3.05) is 26.0 Å². The zero-order valence-corrected chi connectivity index (χ0v) is 19.9. The first-order valence-corrected chi connectivity index (χ1v) is 11.4. The number of nitrogens with zero attached hydrogens (tertiary/aromatic N) is 1. The Kier molecular flexibility index (Phi) is 17.0. The van der Waals surface area contributed by atoms with Crippen LogP contribution in [0, 0.1) is 5.92 Å². The second-order valence-electron chi connectivity index (χ2n) is 8.02. The second kappa shape index (κ2) is 15.0. The fourth-order valence-electron chi connectivity index (χ4n) is 3.21. The standard InChI is InChI=1S/C18H34N2O6S.Li.2H2O/c1-6-25-16(21)13-14-7-9-15(10-8-14)20(12-11-19-27(5,23)24)17(22)26-18(2,3)4;;;/h14-15,19H,6-13H2,1-5H3;;2*1H2/q;+1;;/p-1. The van der Waals surface area contributed by atoms with Crippen LogP contribution in [-0.4, -0.2) is 73.9 Å². The number of hydrogen-bond donors (Lipinski definition) is 1. The third kappa shape index (κ3) is 14.2. The van der Waals surface area contributed by atoms with Gasteiger partial charge in [0.2, 0.25) is 10.0 Å². The molecular weight excluding hydrogens is 411 g/mol. The Hall–Kier alpha value is -0.833. The molecule has 1 amide bonds. The molecule has 0 atom stereocenters. The van der Waals surface area contributed by atoms with E-state index in [4.69, 9.17) is 9.47 Å². The van der Waals surface area contributed by atoms with Crippen molar-refractivity contribution in [2.24, 2.45) is 5.92 Å². The van der Waals surface area contributed by atoms with Crippen molar-refractivity contribution in [3.63, 3.8) is 0 Å². The zero-order valence-electron chi connectivity index (χ0n) is 19.1. The van der Waals surface area contributed by atoms with Crippen LogP contribution in [0.25, 0.3) is 0 Å². The van der Waals surface area contributed by atoms with Crippen LogP contribution in [0.15, 0.2) is 0 Å². The van der Waals surface area contributed by atoms with Gasteiger partial charge in [0.25, 0.3) is 0 Å². The van der Waals surface area contributed by atoms with Crippen LogP contribution >= 0.6 is 0 Å². The van der Waals surface area contributed by atoms with Gasteiger partial charge in [-0.05, 0) is 59.3 Å². The molecular formula is C18H37LiN2O8S. The molecule has 0 spiro atoms. The van der Waals surface area contributed by atoms with Gasteiger partial charge in [-0.25, -0.2) is 17.9 Å². The molecule has 0 heterocycles. The second-order valence-corrected chi connectivity index (χ2v) is 9.86. The molecule has 0 unspecified atom stereocenters. The Balaban J connectivity index is -0.00000243. The van der Waals surface area contributed by atoms with E-state index in [1.807, 2.05) is 0 Å². The third-order valence-electron chi connectivity index (χ3n) is 4.36. The Bertz CT molecular complexity index is 602. The van der Waals surface area contributed by atoms with Crippen molar-refractivity contribution in [2.45, 2.75) is 71.4 Å². The van der Waals surface area contributed by atoms with Gasteiger partial charge in [-0.3, -0.25) is 4.79 Å². The monoisotopic (exact) mass is 448 g/mol. The summed E-state index contributed by atoms with van der Waals surface area (Å²) in [6, 6.07) is -0.0281. The molecule has 10 nitrogen and oxygen atoms in total. The summed E-state index contributed by atoms with van der Waals surface area (Å²) in [6.45, 7) is 7.96. The van der Waals surface area contributed by atoms with Gasteiger partial charge in [0.05, 0.1) is 12.9 Å². The van der Waals surface area contributed by atoms with E-state index < -0.39 is 21.7 Å². The van der Waals surface area contributed by atoms with Gasteiger partial charge in [-0.1, -0.05) is 0 Å². The molecule has 30 heavy (non-hydrogen) atoms. The van der Waals surface area contributed by atoms with E-state index in [0.717, 1.165) is 31.9 Å². The van der Waals surface area contributed by atoms with Crippen LogP contribution in [0.5, 0.6) is 0 Å². The van der Waals surface area contributed by atoms with Gasteiger partial charge in [0, 0.05) is 25.6 Å². The third-order valence-corrected chi connectivity index (χ3v) is 5.09. The largest absolute Gasteiger partial charge is 1.00 e. The topological polar surface area (TPSA) is 164 Å². The van der Waals surface area contributed by atoms with Gasteiger partial charge >= 0.3 is 30.9 Å². The van der Waals surface area contributed by atoms with Crippen molar-refractivity contribution in [1.82, 2.24) is 9.62 Å². The number of rotatable bonds is 8. The van der Waals surface area contributed by atoms with Gasteiger partial charge in [-0.15, -0.1) is 0 Å². The molecule has 4 N–H and O–H groups in total. The van der Waals surface area contributed by atoms with Crippen LogP contribution in [-0.2, 0) is 24.3 Å². The maximum Gasteiger partial charge on any atom is 1.00 e. The first-order valence-electron chi connectivity index (χ1n) is 9.51. The minimum Gasteiger partial charge on any atom is -0.870 e. The Labute approximate surface area is 192 Å². The van der Waals surface area contributed by atoms with E-state index in [1.54, 1.807) is 32.6 Å². The molecule has 0 radical (unpaired) electrons. The molecule has 1 aliphatic carbocycles. The fraction of sp³-hybridized carbons (Fsp3) is 0.889. The Morgan fingerprint density at radius 3 is 2.10 bits per heavy atom. The number of ether oxygens (including phenoxy) is 2. The molecule has 0 aromatic carbocycles. The molecule has 0 aromatic heterocycles. The molecule has 1 fully saturated rings. The van der Waals surface area contributed by atoms with E-state index >= 15 is 0 Å². The van der Waals surface area contributed by atoms with E-state index in [2.05, 4.69) is 4.72 Å². The number of sulfonamides is 1. The van der Waals surface area contributed by atoms with E-state index in [9.17, 15) is 18.0 Å². The van der Waals surface area contributed by atoms with E-state index in [0.29, 0.717) is 13.0 Å². The molecule has 1 saturated carbocycles. The maximum absolute atomic E-state index is 12.6. The molecule has 12 heteroatoms. The average molecular weight is 449 g/mol. The maximum atomic E-state index is 12.6. The first-order chi connectivity index (χ1) is 12.4. The number of nitrogens with one attached hydrogen (secondary N) is 1. The van der Waals surface area contributed by atoms with Crippen molar-refractivity contribution >= 4 is 22.1 Å². The predicted octanol–water partition coefficient (Wildman–Crippen LogP) is -1.71.